The molecule has 0 bridgehead atoms. The van der Waals surface area contributed by atoms with Crippen LogP contribution in [0.2, 0.25) is 0 Å². The van der Waals surface area contributed by atoms with Gasteiger partial charge < -0.3 is 30.5 Å². The Hall–Kier alpha value is -0.950. The minimum atomic E-state index is -4.75. The van der Waals surface area contributed by atoms with E-state index in [1.165, 1.54) is 10.8 Å². The minimum absolute atomic E-state index is 0.0694. The number of hydrogen-bond donors (Lipinski definition) is 6. The van der Waals surface area contributed by atoms with Crippen LogP contribution in [0.1, 0.15) is 11.8 Å². The van der Waals surface area contributed by atoms with E-state index in [9.17, 15) is 19.6 Å². The molecule has 0 aromatic carbocycles. The Morgan fingerprint density at radius 3 is 2.65 bits per heavy atom. The highest BCUT2D eigenvalue weighted by molar-refractivity contribution is 7.71. The molecule has 1 saturated heterocycles. The molecule has 1 aliphatic rings. The van der Waals surface area contributed by atoms with E-state index in [0.29, 0.717) is 0 Å². The smallest absolute Gasteiger partial charge is 0.387 e. The van der Waals surface area contributed by atoms with E-state index in [-0.39, 0.29) is 16.9 Å². The molecular weight excluding hydrogens is 353 g/mol. The number of ether oxygens (including phenoxy) is 1. The average Bonchev–Trinajstić information content (AvgIpc) is 2.73. The lowest BCUT2D eigenvalue weighted by molar-refractivity contribution is -0.0535. The molecule has 0 spiro atoms. The quantitative estimate of drug-likeness (QED) is 0.253. The zero-order valence-corrected chi connectivity index (χ0v) is 13.3. The normalized spacial score (nSPS) is 28.2. The number of aliphatic hydroxyl groups is 2. The molecule has 4 atom stereocenters. The summed E-state index contributed by atoms with van der Waals surface area (Å²) in [5.74, 6) is 0. The maximum atomic E-state index is 11.6. The molecule has 2 rings (SSSR count). The molecule has 0 amide bonds. The van der Waals surface area contributed by atoms with Crippen molar-refractivity contribution in [3.05, 3.63) is 26.9 Å². The fraction of sp³-hybridized carbons (Fsp3) is 0.600. The monoisotopic (exact) mass is 369 g/mol. The van der Waals surface area contributed by atoms with Crippen molar-refractivity contribution < 1.29 is 33.8 Å². The van der Waals surface area contributed by atoms with Gasteiger partial charge in [0.25, 0.3) is 5.56 Å². The first kappa shape index (κ1) is 18.4. The van der Waals surface area contributed by atoms with Gasteiger partial charge in [-0.3, -0.25) is 18.9 Å². The van der Waals surface area contributed by atoms with E-state index in [0.717, 1.165) is 0 Å². The molecule has 23 heavy (non-hydrogen) atoms. The fourth-order valence-corrected chi connectivity index (χ4v) is 2.72. The third-order valence-corrected chi connectivity index (χ3v) is 4.08. The van der Waals surface area contributed by atoms with Gasteiger partial charge in [-0.15, -0.1) is 0 Å². The molecule has 0 aliphatic carbocycles. The summed E-state index contributed by atoms with van der Waals surface area (Å²) in [6.07, 6.45) is -4.01. The van der Waals surface area contributed by atoms with E-state index >= 15 is 0 Å². The third kappa shape index (κ3) is 4.12. The Labute approximate surface area is 134 Å². The predicted molar refractivity (Wildman–Crippen MR) is 77.7 cm³/mol. The van der Waals surface area contributed by atoms with Crippen molar-refractivity contribution in [1.82, 2.24) is 9.55 Å². The van der Waals surface area contributed by atoms with Crippen LogP contribution in [0.3, 0.4) is 0 Å². The van der Waals surface area contributed by atoms with Gasteiger partial charge in [0.2, 0.25) is 0 Å². The van der Waals surface area contributed by atoms with Crippen molar-refractivity contribution in [2.24, 2.45) is 5.73 Å². The van der Waals surface area contributed by atoms with Crippen LogP contribution >= 0.6 is 20.0 Å². The Morgan fingerprint density at radius 1 is 1.43 bits per heavy atom. The summed E-state index contributed by atoms with van der Waals surface area (Å²) in [7, 11) is -4.75. The van der Waals surface area contributed by atoms with Crippen LogP contribution in [0.15, 0.2) is 11.0 Å². The summed E-state index contributed by atoms with van der Waals surface area (Å²) in [4.78, 5) is 31.3. The highest BCUT2D eigenvalue weighted by Crippen LogP contribution is 2.38. The lowest BCUT2D eigenvalue weighted by atomic mass is 10.1. The SMILES string of the molecule is NCc1cn([C@@H]2O[C@H](COP(=O)(O)O)[C@@H](O)[C@H]2O)c(=S)[nH]c1=O. The molecule has 0 unspecified atom stereocenters. The minimum Gasteiger partial charge on any atom is -0.387 e. The number of H-pyrrole nitrogens is 1. The number of rotatable bonds is 5. The van der Waals surface area contributed by atoms with E-state index in [1.807, 2.05) is 0 Å². The summed E-state index contributed by atoms with van der Waals surface area (Å²) < 4.78 is 21.4. The molecule has 1 fully saturated rings. The second-order valence-corrected chi connectivity index (χ2v) is 6.48. The second kappa shape index (κ2) is 6.89. The molecule has 0 radical (unpaired) electrons. The number of phosphoric ester groups is 1. The van der Waals surface area contributed by atoms with Crippen LogP contribution in [-0.4, -0.2) is 54.5 Å². The van der Waals surface area contributed by atoms with E-state index in [1.54, 1.807) is 0 Å². The molecule has 0 saturated carbocycles. The van der Waals surface area contributed by atoms with Gasteiger partial charge in [0.1, 0.15) is 18.3 Å². The zero-order valence-electron chi connectivity index (χ0n) is 11.6. The van der Waals surface area contributed by atoms with Crippen molar-refractivity contribution in [1.29, 1.82) is 0 Å². The highest BCUT2D eigenvalue weighted by atomic mass is 32.1. The van der Waals surface area contributed by atoms with Crippen LogP contribution in [0.4, 0.5) is 0 Å². The molecule has 130 valence electrons. The molecule has 1 aromatic heterocycles. The van der Waals surface area contributed by atoms with Crippen molar-refractivity contribution in [3.8, 4) is 0 Å². The number of aromatic nitrogens is 2. The van der Waals surface area contributed by atoms with Gasteiger partial charge in [-0.2, -0.15) is 0 Å². The maximum absolute atomic E-state index is 11.6. The van der Waals surface area contributed by atoms with Gasteiger partial charge in [-0.05, 0) is 12.2 Å². The van der Waals surface area contributed by atoms with Gasteiger partial charge in [0, 0.05) is 18.3 Å². The summed E-state index contributed by atoms with van der Waals surface area (Å²) in [5.41, 5.74) is 5.12. The van der Waals surface area contributed by atoms with E-state index < -0.39 is 44.5 Å². The standard InChI is InChI=1S/C10H16N3O8PS/c11-1-4-2-13(10(23)12-8(4)16)9-7(15)6(14)5(21-9)3-20-22(17,18)19/h2,5-7,9,14-15H,1,3,11H2,(H,12,16,23)(H2,17,18,19)/t5-,6-,7-,9-/m1/s1. The number of nitrogens with two attached hydrogens (primary N) is 1. The summed E-state index contributed by atoms with van der Waals surface area (Å²) in [6, 6.07) is 0. The second-order valence-electron chi connectivity index (χ2n) is 4.86. The first-order valence-corrected chi connectivity index (χ1v) is 8.34. The van der Waals surface area contributed by atoms with E-state index in [4.69, 9.17) is 32.5 Å². The molecule has 1 aromatic rings. The number of nitrogens with one attached hydrogen (secondary N) is 1. The van der Waals surface area contributed by atoms with Gasteiger partial charge in [-0.1, -0.05) is 0 Å². The van der Waals surface area contributed by atoms with Crippen molar-refractivity contribution in [2.75, 3.05) is 6.61 Å². The molecular formula is C10H16N3O8PS. The lowest BCUT2D eigenvalue weighted by Crippen LogP contribution is -2.34. The van der Waals surface area contributed by atoms with Crippen LogP contribution in [-0.2, 0) is 20.4 Å². The Kier molecular flexibility index (Phi) is 5.51. The first-order valence-electron chi connectivity index (χ1n) is 6.40. The molecule has 7 N–H and O–H groups in total. The Bertz CT molecular complexity index is 730. The highest BCUT2D eigenvalue weighted by Gasteiger charge is 2.44. The van der Waals surface area contributed by atoms with Gasteiger partial charge in [0.05, 0.1) is 6.61 Å². The number of hydrogen-bond acceptors (Lipinski definition) is 8. The van der Waals surface area contributed by atoms with Gasteiger partial charge in [0.15, 0.2) is 11.0 Å². The molecule has 1 aliphatic heterocycles. The third-order valence-electron chi connectivity index (χ3n) is 3.28. The van der Waals surface area contributed by atoms with Crippen molar-refractivity contribution in [3.63, 3.8) is 0 Å². The Morgan fingerprint density at radius 2 is 2.09 bits per heavy atom. The van der Waals surface area contributed by atoms with Crippen LogP contribution < -0.4 is 11.3 Å². The topological polar surface area (TPSA) is 180 Å². The zero-order chi connectivity index (χ0) is 17.4. The van der Waals surface area contributed by atoms with Gasteiger partial charge in [-0.25, -0.2) is 4.57 Å². The maximum Gasteiger partial charge on any atom is 0.469 e. The summed E-state index contributed by atoms with van der Waals surface area (Å²) in [6.45, 7) is -0.722. The van der Waals surface area contributed by atoms with Crippen molar-refractivity contribution in [2.45, 2.75) is 31.1 Å². The number of aliphatic hydroxyl groups excluding tert-OH is 2. The molecule has 13 heteroatoms. The largest absolute Gasteiger partial charge is 0.469 e. The molecule has 11 nitrogen and oxygen atoms in total. The van der Waals surface area contributed by atoms with Gasteiger partial charge >= 0.3 is 7.82 Å². The predicted octanol–water partition coefficient (Wildman–Crippen LogP) is -1.91. The number of aromatic amines is 1. The number of phosphoric acid groups is 1. The summed E-state index contributed by atoms with van der Waals surface area (Å²) >= 11 is 4.98. The number of nitrogens with zero attached hydrogens (tertiary/aromatic N) is 1. The van der Waals surface area contributed by atoms with Crippen LogP contribution in [0.5, 0.6) is 0 Å². The summed E-state index contributed by atoms with van der Waals surface area (Å²) in [5, 5.41) is 20.0. The Balaban J connectivity index is 2.26. The first-order chi connectivity index (χ1) is 10.6. The van der Waals surface area contributed by atoms with Crippen LogP contribution in [0.25, 0.3) is 0 Å². The molecule has 2 heterocycles. The van der Waals surface area contributed by atoms with E-state index in [2.05, 4.69) is 9.51 Å². The van der Waals surface area contributed by atoms with Crippen molar-refractivity contribution >= 4 is 20.0 Å². The van der Waals surface area contributed by atoms with Crippen LogP contribution in [0, 0.1) is 4.77 Å². The lowest BCUT2D eigenvalue weighted by Gasteiger charge is -2.19. The fourth-order valence-electron chi connectivity index (χ4n) is 2.13. The average molecular weight is 369 g/mol.